The zero-order valence-corrected chi connectivity index (χ0v) is 8.95. The predicted octanol–water partition coefficient (Wildman–Crippen LogP) is 1.84. The molecule has 0 radical (unpaired) electrons. The molecule has 1 aliphatic carbocycles. The number of hydrogen-bond donors (Lipinski definition) is 1. The molecule has 1 rings (SSSR count). The van der Waals surface area contributed by atoms with Gasteiger partial charge in [-0.3, -0.25) is 0 Å². The highest BCUT2D eigenvalue weighted by molar-refractivity contribution is 5.81. The van der Waals surface area contributed by atoms with Crippen molar-refractivity contribution < 1.29 is 9.53 Å². The van der Waals surface area contributed by atoms with Crippen LogP contribution in [0.5, 0.6) is 0 Å². The van der Waals surface area contributed by atoms with Gasteiger partial charge < -0.3 is 10.1 Å². The molecule has 0 aromatic carbocycles. The molecule has 1 aliphatic rings. The molecule has 1 atom stereocenters. The molecule has 14 heavy (non-hydrogen) atoms. The van der Waals surface area contributed by atoms with Crippen LogP contribution in [0.4, 0.5) is 0 Å². The summed E-state index contributed by atoms with van der Waals surface area (Å²) in [5, 5.41) is 3.22. The Kier molecular flexibility index (Phi) is 4.50. The van der Waals surface area contributed by atoms with Crippen LogP contribution in [-0.4, -0.2) is 19.1 Å². The van der Waals surface area contributed by atoms with E-state index < -0.39 is 0 Å². The second-order valence-electron chi connectivity index (χ2n) is 3.81. The van der Waals surface area contributed by atoms with E-state index in [-0.39, 0.29) is 5.97 Å². The maximum absolute atomic E-state index is 10.8. The first-order chi connectivity index (χ1) is 6.76. The quantitative estimate of drug-likeness (QED) is 0.521. The zero-order valence-electron chi connectivity index (χ0n) is 8.95. The van der Waals surface area contributed by atoms with Crippen LogP contribution in [0.25, 0.3) is 0 Å². The molecule has 0 aliphatic heterocycles. The van der Waals surface area contributed by atoms with Gasteiger partial charge in [-0.1, -0.05) is 19.8 Å². The standard InChI is InChI=1S/C11H19NO2/c1-3-10(8-9-4-5-9)12-7-6-11(13)14-2/h6-7,9-10,12H,3-5,8H2,1-2H3/b7-6+. The van der Waals surface area contributed by atoms with Gasteiger partial charge in [-0.25, -0.2) is 4.79 Å². The summed E-state index contributed by atoms with van der Waals surface area (Å²) in [5.41, 5.74) is 0. The summed E-state index contributed by atoms with van der Waals surface area (Å²) in [7, 11) is 1.38. The number of carbonyl (C=O) groups is 1. The smallest absolute Gasteiger partial charge is 0.331 e. The molecule has 80 valence electrons. The Morgan fingerprint density at radius 2 is 2.36 bits per heavy atom. The van der Waals surface area contributed by atoms with Crippen LogP contribution in [0.15, 0.2) is 12.3 Å². The molecule has 0 amide bonds. The summed E-state index contributed by atoms with van der Waals surface area (Å²) in [6.07, 6.45) is 8.19. The fourth-order valence-electron chi connectivity index (χ4n) is 1.43. The Bertz CT molecular complexity index is 209. The maximum atomic E-state index is 10.8. The van der Waals surface area contributed by atoms with Crippen molar-refractivity contribution in [1.82, 2.24) is 5.32 Å². The third kappa shape index (κ3) is 4.30. The molecule has 3 nitrogen and oxygen atoms in total. The van der Waals surface area contributed by atoms with E-state index in [9.17, 15) is 4.79 Å². The Morgan fingerprint density at radius 3 is 2.86 bits per heavy atom. The highest BCUT2D eigenvalue weighted by Crippen LogP contribution is 2.33. The van der Waals surface area contributed by atoms with Crippen LogP contribution in [-0.2, 0) is 9.53 Å². The van der Waals surface area contributed by atoms with Crippen molar-refractivity contribution in [3.63, 3.8) is 0 Å². The normalized spacial score (nSPS) is 18.1. The van der Waals surface area contributed by atoms with E-state index in [4.69, 9.17) is 0 Å². The maximum Gasteiger partial charge on any atom is 0.331 e. The summed E-state index contributed by atoms with van der Waals surface area (Å²) in [5.74, 6) is 0.609. The second kappa shape index (κ2) is 5.68. The van der Waals surface area contributed by atoms with Gasteiger partial charge >= 0.3 is 5.97 Å². The van der Waals surface area contributed by atoms with E-state index in [0.717, 1.165) is 12.3 Å². The van der Waals surface area contributed by atoms with Crippen LogP contribution in [0.2, 0.25) is 0 Å². The van der Waals surface area contributed by atoms with Gasteiger partial charge in [0.15, 0.2) is 0 Å². The molecule has 0 heterocycles. The number of carbonyl (C=O) groups excluding carboxylic acids is 1. The Labute approximate surface area is 85.5 Å². The zero-order chi connectivity index (χ0) is 10.4. The van der Waals surface area contributed by atoms with E-state index in [1.54, 1.807) is 6.20 Å². The molecule has 1 fully saturated rings. The number of methoxy groups -OCH3 is 1. The molecular weight excluding hydrogens is 178 g/mol. The summed E-state index contributed by atoms with van der Waals surface area (Å²) in [6.45, 7) is 2.16. The molecular formula is C11H19NO2. The van der Waals surface area contributed by atoms with Gasteiger partial charge in [0.1, 0.15) is 0 Å². The first kappa shape index (κ1) is 11.1. The van der Waals surface area contributed by atoms with Crippen LogP contribution in [0.3, 0.4) is 0 Å². The summed E-state index contributed by atoms with van der Waals surface area (Å²) in [4.78, 5) is 10.8. The highest BCUT2D eigenvalue weighted by Gasteiger charge is 2.23. The number of nitrogens with one attached hydrogen (secondary N) is 1. The van der Waals surface area contributed by atoms with Gasteiger partial charge in [0.05, 0.1) is 7.11 Å². The Morgan fingerprint density at radius 1 is 1.64 bits per heavy atom. The van der Waals surface area contributed by atoms with Gasteiger partial charge in [-0.15, -0.1) is 0 Å². The van der Waals surface area contributed by atoms with Crippen LogP contribution >= 0.6 is 0 Å². The molecule has 1 saturated carbocycles. The average Bonchev–Trinajstić information content (AvgIpc) is 2.99. The summed E-state index contributed by atoms with van der Waals surface area (Å²) < 4.78 is 4.49. The lowest BCUT2D eigenvalue weighted by Gasteiger charge is -2.14. The van der Waals surface area contributed by atoms with Gasteiger partial charge in [0, 0.05) is 18.3 Å². The third-order valence-electron chi connectivity index (χ3n) is 2.56. The first-order valence-electron chi connectivity index (χ1n) is 5.26. The van der Waals surface area contributed by atoms with E-state index in [1.165, 1.54) is 32.4 Å². The van der Waals surface area contributed by atoms with Gasteiger partial charge in [0.25, 0.3) is 0 Å². The predicted molar refractivity (Wildman–Crippen MR) is 55.7 cm³/mol. The lowest BCUT2D eigenvalue weighted by atomic mass is 10.1. The first-order valence-corrected chi connectivity index (χ1v) is 5.26. The van der Waals surface area contributed by atoms with Crippen LogP contribution < -0.4 is 5.32 Å². The van der Waals surface area contributed by atoms with Crippen molar-refractivity contribution in [2.24, 2.45) is 5.92 Å². The molecule has 3 heteroatoms. The van der Waals surface area contributed by atoms with E-state index in [0.29, 0.717) is 6.04 Å². The number of esters is 1. The molecule has 0 aromatic rings. The summed E-state index contributed by atoms with van der Waals surface area (Å²) >= 11 is 0. The van der Waals surface area contributed by atoms with Gasteiger partial charge in [-0.2, -0.15) is 0 Å². The molecule has 1 unspecified atom stereocenters. The molecule has 0 spiro atoms. The Balaban J connectivity index is 2.18. The van der Waals surface area contributed by atoms with Gasteiger partial charge in [-0.05, 0) is 18.8 Å². The number of hydrogen-bond acceptors (Lipinski definition) is 3. The van der Waals surface area contributed by atoms with Crippen molar-refractivity contribution in [3.05, 3.63) is 12.3 Å². The van der Waals surface area contributed by atoms with Crippen molar-refractivity contribution in [2.75, 3.05) is 7.11 Å². The minimum absolute atomic E-state index is 0.307. The largest absolute Gasteiger partial charge is 0.466 e. The fraction of sp³-hybridized carbons (Fsp3) is 0.727. The van der Waals surface area contributed by atoms with Gasteiger partial charge in [0.2, 0.25) is 0 Å². The second-order valence-corrected chi connectivity index (χ2v) is 3.81. The molecule has 0 aromatic heterocycles. The number of rotatable bonds is 6. The highest BCUT2D eigenvalue weighted by atomic mass is 16.5. The summed E-state index contributed by atoms with van der Waals surface area (Å²) in [6, 6.07) is 0.503. The monoisotopic (exact) mass is 197 g/mol. The van der Waals surface area contributed by atoms with Crippen molar-refractivity contribution in [3.8, 4) is 0 Å². The van der Waals surface area contributed by atoms with E-state index in [1.807, 2.05) is 0 Å². The van der Waals surface area contributed by atoms with Crippen molar-refractivity contribution >= 4 is 5.97 Å². The molecule has 0 saturated heterocycles. The number of ether oxygens (including phenoxy) is 1. The van der Waals surface area contributed by atoms with Crippen LogP contribution in [0.1, 0.15) is 32.6 Å². The minimum Gasteiger partial charge on any atom is -0.466 e. The average molecular weight is 197 g/mol. The Hall–Kier alpha value is -0.990. The third-order valence-corrected chi connectivity index (χ3v) is 2.56. The van der Waals surface area contributed by atoms with E-state index >= 15 is 0 Å². The van der Waals surface area contributed by atoms with Crippen LogP contribution in [0, 0.1) is 5.92 Å². The molecule has 0 bridgehead atoms. The minimum atomic E-state index is -0.307. The van der Waals surface area contributed by atoms with Crippen molar-refractivity contribution in [1.29, 1.82) is 0 Å². The lowest BCUT2D eigenvalue weighted by Crippen LogP contribution is -2.24. The lowest BCUT2D eigenvalue weighted by molar-refractivity contribution is -0.134. The fourth-order valence-corrected chi connectivity index (χ4v) is 1.43. The molecule has 1 N–H and O–H groups in total. The van der Waals surface area contributed by atoms with Crippen molar-refractivity contribution in [2.45, 2.75) is 38.6 Å². The van der Waals surface area contributed by atoms with E-state index in [2.05, 4.69) is 17.0 Å². The topological polar surface area (TPSA) is 38.3 Å². The SMILES string of the molecule is CCC(CC1CC1)N/C=C/C(=O)OC.